The number of hydrogen-bond acceptors (Lipinski definition) is 3. The number of alkyl halides is 3. The van der Waals surface area contributed by atoms with Gasteiger partial charge in [-0.05, 0) is 26.0 Å². The summed E-state index contributed by atoms with van der Waals surface area (Å²) < 4.78 is 40.4. The third-order valence-corrected chi connectivity index (χ3v) is 2.61. The Balaban J connectivity index is 2.49. The Morgan fingerprint density at radius 3 is 2.60 bits per heavy atom. The SMILES string of the molecule is Cc1nc(-c2cccc(OC(F)(F)F)c2)c(C)c(=O)[nH]1. The zero-order chi connectivity index (χ0) is 14.9. The summed E-state index contributed by atoms with van der Waals surface area (Å²) in [7, 11) is 0. The summed E-state index contributed by atoms with van der Waals surface area (Å²) in [5.41, 5.74) is 0.728. The Hall–Kier alpha value is -2.31. The molecule has 0 atom stereocenters. The van der Waals surface area contributed by atoms with Crippen LogP contribution in [0.15, 0.2) is 29.1 Å². The van der Waals surface area contributed by atoms with Crippen molar-refractivity contribution in [3.05, 3.63) is 46.0 Å². The van der Waals surface area contributed by atoms with Gasteiger partial charge in [-0.25, -0.2) is 4.98 Å². The van der Waals surface area contributed by atoms with Crippen LogP contribution >= 0.6 is 0 Å². The van der Waals surface area contributed by atoms with Crippen LogP contribution in [0.3, 0.4) is 0 Å². The molecule has 0 saturated heterocycles. The summed E-state index contributed by atoms with van der Waals surface area (Å²) in [4.78, 5) is 18.3. The van der Waals surface area contributed by atoms with Gasteiger partial charge >= 0.3 is 6.36 Å². The molecular formula is C13H11F3N2O2. The van der Waals surface area contributed by atoms with Crippen LogP contribution < -0.4 is 10.3 Å². The van der Waals surface area contributed by atoms with E-state index in [1.165, 1.54) is 18.2 Å². The molecule has 1 heterocycles. The van der Waals surface area contributed by atoms with Crippen molar-refractivity contribution >= 4 is 0 Å². The van der Waals surface area contributed by atoms with Crippen molar-refractivity contribution in [2.75, 3.05) is 0 Å². The Morgan fingerprint density at radius 2 is 1.95 bits per heavy atom. The molecule has 7 heteroatoms. The third kappa shape index (κ3) is 3.17. The van der Waals surface area contributed by atoms with Gasteiger partial charge < -0.3 is 9.72 Å². The molecule has 4 nitrogen and oxygen atoms in total. The van der Waals surface area contributed by atoms with Gasteiger partial charge in [-0.2, -0.15) is 0 Å². The van der Waals surface area contributed by atoms with Crippen molar-refractivity contribution in [1.29, 1.82) is 0 Å². The second-order valence-electron chi connectivity index (χ2n) is 4.20. The fourth-order valence-electron chi connectivity index (χ4n) is 1.77. The zero-order valence-electron chi connectivity index (χ0n) is 10.7. The predicted molar refractivity (Wildman–Crippen MR) is 66.5 cm³/mol. The van der Waals surface area contributed by atoms with E-state index in [9.17, 15) is 18.0 Å². The summed E-state index contributed by atoms with van der Waals surface area (Å²) in [5, 5.41) is 0. The van der Waals surface area contributed by atoms with Gasteiger partial charge in [-0.15, -0.1) is 13.2 Å². The van der Waals surface area contributed by atoms with Crippen molar-refractivity contribution in [2.24, 2.45) is 0 Å². The summed E-state index contributed by atoms with van der Waals surface area (Å²) >= 11 is 0. The van der Waals surface area contributed by atoms with E-state index in [-0.39, 0.29) is 11.3 Å². The first kappa shape index (κ1) is 14.1. The molecule has 1 N–H and O–H groups in total. The summed E-state index contributed by atoms with van der Waals surface area (Å²) in [6, 6.07) is 5.36. The molecule has 0 aliphatic rings. The molecule has 2 aromatic rings. The van der Waals surface area contributed by atoms with Crippen LogP contribution in [0.2, 0.25) is 0 Å². The van der Waals surface area contributed by atoms with Gasteiger partial charge in [-0.1, -0.05) is 12.1 Å². The zero-order valence-corrected chi connectivity index (χ0v) is 10.7. The van der Waals surface area contributed by atoms with Crippen LogP contribution in [0.25, 0.3) is 11.3 Å². The van der Waals surface area contributed by atoms with E-state index >= 15 is 0 Å². The first-order valence-corrected chi connectivity index (χ1v) is 5.70. The summed E-state index contributed by atoms with van der Waals surface area (Å²) in [6.07, 6.45) is -4.76. The van der Waals surface area contributed by atoms with Gasteiger partial charge in [0, 0.05) is 11.1 Å². The highest BCUT2D eigenvalue weighted by molar-refractivity contribution is 5.64. The summed E-state index contributed by atoms with van der Waals surface area (Å²) in [5.74, 6) is 0.0341. The van der Waals surface area contributed by atoms with E-state index in [4.69, 9.17) is 0 Å². The molecule has 0 fully saturated rings. The quantitative estimate of drug-likeness (QED) is 0.922. The van der Waals surface area contributed by atoms with Gasteiger partial charge in [0.1, 0.15) is 11.6 Å². The number of aryl methyl sites for hydroxylation is 1. The van der Waals surface area contributed by atoms with Gasteiger partial charge in [-0.3, -0.25) is 4.79 Å². The highest BCUT2D eigenvalue weighted by Crippen LogP contribution is 2.27. The maximum atomic E-state index is 12.2. The van der Waals surface area contributed by atoms with Gasteiger partial charge in [0.25, 0.3) is 5.56 Å². The van der Waals surface area contributed by atoms with Crippen LogP contribution in [0.1, 0.15) is 11.4 Å². The number of aromatic amines is 1. The smallest absolute Gasteiger partial charge is 0.406 e. The maximum absolute atomic E-state index is 12.2. The molecule has 0 radical (unpaired) electrons. The van der Waals surface area contributed by atoms with Crippen LogP contribution in [-0.4, -0.2) is 16.3 Å². The fraction of sp³-hybridized carbons (Fsp3) is 0.231. The molecule has 0 aliphatic heterocycles. The van der Waals surface area contributed by atoms with Gasteiger partial charge in [0.05, 0.1) is 5.69 Å². The Morgan fingerprint density at radius 1 is 1.25 bits per heavy atom. The van der Waals surface area contributed by atoms with Crippen LogP contribution in [0.5, 0.6) is 5.75 Å². The Labute approximate surface area is 112 Å². The normalized spacial score (nSPS) is 11.4. The lowest BCUT2D eigenvalue weighted by Gasteiger charge is -2.11. The average molecular weight is 284 g/mol. The molecule has 0 saturated carbocycles. The topological polar surface area (TPSA) is 55.0 Å². The second-order valence-corrected chi connectivity index (χ2v) is 4.20. The van der Waals surface area contributed by atoms with Gasteiger partial charge in [0.15, 0.2) is 0 Å². The lowest BCUT2D eigenvalue weighted by atomic mass is 10.1. The first-order valence-electron chi connectivity index (χ1n) is 5.70. The van der Waals surface area contributed by atoms with E-state index in [0.29, 0.717) is 22.6 Å². The molecule has 0 aliphatic carbocycles. The first-order chi connectivity index (χ1) is 9.26. The standard InChI is InChI=1S/C13H11F3N2O2/c1-7-11(17-8(2)18-12(7)19)9-4-3-5-10(6-9)20-13(14,15)16/h3-6H,1-2H3,(H,17,18,19). The van der Waals surface area contributed by atoms with Crippen LogP contribution in [-0.2, 0) is 0 Å². The highest BCUT2D eigenvalue weighted by Gasteiger charge is 2.31. The number of H-pyrrole nitrogens is 1. The average Bonchev–Trinajstić information content (AvgIpc) is 2.32. The monoisotopic (exact) mass is 284 g/mol. The van der Waals surface area contributed by atoms with Crippen molar-refractivity contribution in [3.8, 4) is 17.0 Å². The molecular weight excluding hydrogens is 273 g/mol. The third-order valence-electron chi connectivity index (χ3n) is 2.61. The lowest BCUT2D eigenvalue weighted by molar-refractivity contribution is -0.274. The molecule has 0 bridgehead atoms. The number of nitrogens with one attached hydrogen (secondary N) is 1. The number of ether oxygens (including phenoxy) is 1. The predicted octanol–water partition coefficient (Wildman–Crippen LogP) is 2.95. The molecule has 106 valence electrons. The largest absolute Gasteiger partial charge is 0.573 e. The summed E-state index contributed by atoms with van der Waals surface area (Å²) in [6.45, 7) is 3.15. The number of halogens is 3. The number of rotatable bonds is 2. The molecule has 0 spiro atoms. The maximum Gasteiger partial charge on any atom is 0.573 e. The van der Waals surface area contributed by atoms with Gasteiger partial charge in [0.2, 0.25) is 0 Å². The highest BCUT2D eigenvalue weighted by atomic mass is 19.4. The van der Waals surface area contributed by atoms with Crippen molar-refractivity contribution in [2.45, 2.75) is 20.2 Å². The molecule has 0 unspecified atom stereocenters. The Kier molecular flexibility index (Phi) is 3.52. The van der Waals surface area contributed by atoms with E-state index in [1.807, 2.05) is 0 Å². The molecule has 0 amide bonds. The fourth-order valence-corrected chi connectivity index (χ4v) is 1.77. The Bertz CT molecular complexity index is 693. The van der Waals surface area contributed by atoms with Crippen LogP contribution in [0, 0.1) is 13.8 Å². The van der Waals surface area contributed by atoms with E-state index in [1.54, 1.807) is 19.9 Å². The van der Waals surface area contributed by atoms with E-state index in [0.717, 1.165) is 0 Å². The molecule has 20 heavy (non-hydrogen) atoms. The number of benzene rings is 1. The minimum Gasteiger partial charge on any atom is -0.406 e. The minimum absolute atomic E-state index is 0.324. The van der Waals surface area contributed by atoms with E-state index in [2.05, 4.69) is 14.7 Å². The minimum atomic E-state index is -4.76. The number of aromatic nitrogens is 2. The molecule has 1 aromatic heterocycles. The number of hydrogen-bond donors (Lipinski definition) is 1. The number of nitrogens with zero attached hydrogens (tertiary/aromatic N) is 1. The van der Waals surface area contributed by atoms with Crippen molar-refractivity contribution in [3.63, 3.8) is 0 Å². The lowest BCUT2D eigenvalue weighted by Crippen LogP contribution is -2.17. The van der Waals surface area contributed by atoms with E-state index < -0.39 is 6.36 Å². The second kappa shape index (κ2) is 4.99. The molecule has 1 aromatic carbocycles. The van der Waals surface area contributed by atoms with Crippen LogP contribution in [0.4, 0.5) is 13.2 Å². The van der Waals surface area contributed by atoms with Crippen molar-refractivity contribution in [1.82, 2.24) is 9.97 Å². The molecule has 2 rings (SSSR count). The van der Waals surface area contributed by atoms with Crippen molar-refractivity contribution < 1.29 is 17.9 Å².